The minimum Gasteiger partial charge on any atom is -0.0651 e. The van der Waals surface area contributed by atoms with Gasteiger partial charge < -0.3 is 0 Å². The molecule has 0 saturated heterocycles. The lowest BCUT2D eigenvalue weighted by Gasteiger charge is -2.38. The van der Waals surface area contributed by atoms with Crippen LogP contribution in [-0.4, -0.2) is 0 Å². The molecule has 2 fully saturated rings. The second kappa shape index (κ2) is 5.76. The van der Waals surface area contributed by atoms with E-state index in [0.717, 1.165) is 35.5 Å². The van der Waals surface area contributed by atoms with Crippen molar-refractivity contribution < 1.29 is 0 Å². The Morgan fingerprint density at radius 2 is 1.76 bits per heavy atom. The molecule has 2 aliphatic carbocycles. The summed E-state index contributed by atoms with van der Waals surface area (Å²) in [6, 6.07) is 0. The van der Waals surface area contributed by atoms with Crippen molar-refractivity contribution in [1.82, 2.24) is 0 Å². The SMILES string of the molecule is CCC1CC(C)CCC1C1CCC(C(C)C)C1. The van der Waals surface area contributed by atoms with Gasteiger partial charge in [-0.05, 0) is 67.6 Å². The first-order chi connectivity index (χ1) is 8.11. The van der Waals surface area contributed by atoms with E-state index in [-0.39, 0.29) is 0 Å². The molecule has 100 valence electrons. The van der Waals surface area contributed by atoms with Gasteiger partial charge in [-0.1, -0.05) is 40.5 Å². The highest BCUT2D eigenvalue weighted by Gasteiger charge is 2.37. The normalized spacial score (nSPS) is 43.2. The van der Waals surface area contributed by atoms with Crippen molar-refractivity contribution in [3.63, 3.8) is 0 Å². The molecule has 2 saturated carbocycles. The fraction of sp³-hybridized carbons (Fsp3) is 1.00. The number of rotatable bonds is 3. The number of hydrogen-bond acceptors (Lipinski definition) is 0. The summed E-state index contributed by atoms with van der Waals surface area (Å²) in [4.78, 5) is 0. The van der Waals surface area contributed by atoms with Crippen LogP contribution in [0.4, 0.5) is 0 Å². The number of hydrogen-bond donors (Lipinski definition) is 0. The van der Waals surface area contributed by atoms with E-state index < -0.39 is 0 Å². The lowest BCUT2D eigenvalue weighted by molar-refractivity contribution is 0.123. The minimum absolute atomic E-state index is 0.919. The highest BCUT2D eigenvalue weighted by Crippen LogP contribution is 2.47. The van der Waals surface area contributed by atoms with Gasteiger partial charge in [0.05, 0.1) is 0 Å². The third-order valence-corrected chi connectivity index (χ3v) is 5.89. The van der Waals surface area contributed by atoms with Gasteiger partial charge in [0.1, 0.15) is 0 Å². The van der Waals surface area contributed by atoms with Gasteiger partial charge in [-0.3, -0.25) is 0 Å². The topological polar surface area (TPSA) is 0 Å². The summed E-state index contributed by atoms with van der Waals surface area (Å²) in [7, 11) is 0. The van der Waals surface area contributed by atoms with Gasteiger partial charge in [-0.15, -0.1) is 0 Å². The molecule has 0 spiro atoms. The molecule has 0 radical (unpaired) electrons. The fourth-order valence-electron chi connectivity index (χ4n) is 4.66. The van der Waals surface area contributed by atoms with E-state index in [9.17, 15) is 0 Å². The molecule has 2 aliphatic rings. The predicted molar refractivity (Wildman–Crippen MR) is 76.0 cm³/mol. The zero-order chi connectivity index (χ0) is 12.4. The molecule has 0 aromatic heterocycles. The van der Waals surface area contributed by atoms with E-state index in [0.29, 0.717) is 0 Å². The smallest absolute Gasteiger partial charge is 0.0357 e. The van der Waals surface area contributed by atoms with Crippen LogP contribution in [0.1, 0.15) is 72.6 Å². The first-order valence-electron chi connectivity index (χ1n) is 8.11. The van der Waals surface area contributed by atoms with Crippen LogP contribution in [0, 0.1) is 35.5 Å². The van der Waals surface area contributed by atoms with Crippen molar-refractivity contribution in [3.8, 4) is 0 Å². The molecule has 0 aromatic rings. The van der Waals surface area contributed by atoms with Crippen molar-refractivity contribution in [3.05, 3.63) is 0 Å². The van der Waals surface area contributed by atoms with Gasteiger partial charge in [0.25, 0.3) is 0 Å². The van der Waals surface area contributed by atoms with E-state index in [1.165, 1.54) is 32.1 Å². The molecule has 0 aliphatic heterocycles. The Morgan fingerprint density at radius 1 is 1.00 bits per heavy atom. The molecular formula is C17H32. The molecule has 0 heterocycles. The van der Waals surface area contributed by atoms with Crippen molar-refractivity contribution >= 4 is 0 Å². The van der Waals surface area contributed by atoms with Crippen LogP contribution in [-0.2, 0) is 0 Å². The molecule has 0 heteroatoms. The van der Waals surface area contributed by atoms with E-state index >= 15 is 0 Å². The molecule has 0 amide bonds. The Morgan fingerprint density at radius 3 is 2.35 bits per heavy atom. The highest BCUT2D eigenvalue weighted by atomic mass is 14.4. The van der Waals surface area contributed by atoms with Gasteiger partial charge >= 0.3 is 0 Å². The van der Waals surface area contributed by atoms with Crippen LogP contribution in [0.15, 0.2) is 0 Å². The van der Waals surface area contributed by atoms with Crippen LogP contribution < -0.4 is 0 Å². The first-order valence-corrected chi connectivity index (χ1v) is 8.11. The Kier molecular flexibility index (Phi) is 4.55. The zero-order valence-electron chi connectivity index (χ0n) is 12.4. The summed E-state index contributed by atoms with van der Waals surface area (Å²) in [5, 5.41) is 0. The molecule has 5 unspecified atom stereocenters. The molecule has 0 N–H and O–H groups in total. The van der Waals surface area contributed by atoms with Crippen LogP contribution >= 0.6 is 0 Å². The third-order valence-electron chi connectivity index (χ3n) is 5.89. The summed E-state index contributed by atoms with van der Waals surface area (Å²) < 4.78 is 0. The fourth-order valence-corrected chi connectivity index (χ4v) is 4.66. The summed E-state index contributed by atoms with van der Waals surface area (Å²) in [6.45, 7) is 9.73. The monoisotopic (exact) mass is 236 g/mol. The first kappa shape index (κ1) is 13.4. The lowest BCUT2D eigenvalue weighted by atomic mass is 9.67. The maximum Gasteiger partial charge on any atom is -0.0357 e. The molecule has 0 nitrogen and oxygen atoms in total. The average Bonchev–Trinajstić information content (AvgIpc) is 2.78. The Bertz CT molecular complexity index is 230. The second-order valence-corrected chi connectivity index (χ2v) is 7.33. The van der Waals surface area contributed by atoms with E-state index in [2.05, 4.69) is 27.7 Å². The zero-order valence-corrected chi connectivity index (χ0v) is 12.4. The van der Waals surface area contributed by atoms with Crippen LogP contribution in [0.5, 0.6) is 0 Å². The summed E-state index contributed by atoms with van der Waals surface area (Å²) in [6.07, 6.45) is 10.6. The molecular weight excluding hydrogens is 204 g/mol. The van der Waals surface area contributed by atoms with Gasteiger partial charge in [0, 0.05) is 0 Å². The quantitative estimate of drug-likeness (QED) is 0.605. The van der Waals surface area contributed by atoms with Crippen molar-refractivity contribution in [1.29, 1.82) is 0 Å². The largest absolute Gasteiger partial charge is 0.0651 e. The Hall–Kier alpha value is 0. The van der Waals surface area contributed by atoms with Gasteiger partial charge in [-0.25, -0.2) is 0 Å². The minimum atomic E-state index is 0.919. The van der Waals surface area contributed by atoms with Gasteiger partial charge in [0.15, 0.2) is 0 Å². The van der Waals surface area contributed by atoms with E-state index in [1.54, 1.807) is 12.8 Å². The van der Waals surface area contributed by atoms with Crippen molar-refractivity contribution in [2.75, 3.05) is 0 Å². The summed E-state index contributed by atoms with van der Waals surface area (Å²) in [5.74, 6) is 6.17. The molecule has 0 bridgehead atoms. The maximum atomic E-state index is 2.46. The third kappa shape index (κ3) is 3.06. The van der Waals surface area contributed by atoms with Crippen molar-refractivity contribution in [2.45, 2.75) is 72.6 Å². The van der Waals surface area contributed by atoms with Crippen LogP contribution in [0.25, 0.3) is 0 Å². The van der Waals surface area contributed by atoms with Gasteiger partial charge in [0.2, 0.25) is 0 Å². The highest BCUT2D eigenvalue weighted by molar-refractivity contribution is 4.88. The van der Waals surface area contributed by atoms with Gasteiger partial charge in [-0.2, -0.15) is 0 Å². The molecule has 0 aromatic carbocycles. The Labute approximate surface area is 109 Å². The molecule has 5 atom stereocenters. The second-order valence-electron chi connectivity index (χ2n) is 7.33. The van der Waals surface area contributed by atoms with Crippen LogP contribution in [0.2, 0.25) is 0 Å². The predicted octanol–water partition coefficient (Wildman–Crippen LogP) is 5.52. The Balaban J connectivity index is 1.93. The molecule has 2 rings (SSSR count). The lowest BCUT2D eigenvalue weighted by Crippen LogP contribution is -2.28. The van der Waals surface area contributed by atoms with Crippen molar-refractivity contribution in [2.24, 2.45) is 35.5 Å². The van der Waals surface area contributed by atoms with E-state index in [1.807, 2.05) is 0 Å². The maximum absolute atomic E-state index is 2.46. The molecule has 17 heavy (non-hydrogen) atoms. The summed E-state index contributed by atoms with van der Waals surface area (Å²) >= 11 is 0. The average molecular weight is 236 g/mol. The summed E-state index contributed by atoms with van der Waals surface area (Å²) in [5.41, 5.74) is 0. The van der Waals surface area contributed by atoms with Crippen LogP contribution in [0.3, 0.4) is 0 Å². The standard InChI is InChI=1S/C17H32/c1-5-14-10-13(4)6-9-17(14)16-8-7-15(11-16)12(2)3/h12-17H,5-11H2,1-4H3. The van der Waals surface area contributed by atoms with E-state index in [4.69, 9.17) is 0 Å².